The molecule has 7 nitrogen and oxygen atoms in total. The van der Waals surface area contributed by atoms with E-state index in [1.165, 1.54) is 0 Å². The third-order valence-electron chi connectivity index (χ3n) is 1.84. The molecule has 1 aliphatic rings. The monoisotopic (exact) mass is 194 g/mol. The number of anilines is 3. The van der Waals surface area contributed by atoms with Gasteiger partial charge in [0.2, 0.25) is 5.95 Å². The Labute approximate surface area is 79.9 Å². The first kappa shape index (κ1) is 8.70. The number of aliphatic hydroxyl groups excluding tert-OH is 1. The molecule has 0 atom stereocenters. The second-order valence-electron chi connectivity index (χ2n) is 2.85. The molecule has 1 aliphatic heterocycles. The van der Waals surface area contributed by atoms with E-state index in [1.54, 1.807) is 0 Å². The molecule has 2 heterocycles. The van der Waals surface area contributed by atoms with Gasteiger partial charge >= 0.3 is 0 Å². The van der Waals surface area contributed by atoms with Gasteiger partial charge in [-0.1, -0.05) is 0 Å². The minimum Gasteiger partial charge on any atom is -0.390 e. The molecule has 0 radical (unpaired) electrons. The fraction of sp³-hybridized carbons (Fsp3) is 0.286. The highest BCUT2D eigenvalue weighted by Crippen LogP contribution is 2.31. The lowest BCUT2D eigenvalue weighted by atomic mass is 10.3. The maximum absolute atomic E-state index is 8.88. The molecule has 0 aromatic carbocycles. The standard InChI is InChI=1S/C7H10N6O/c8-5-4-6(13-7(9)12-5)10-1-3(2-14)11-4/h14H,1-2H2,(H5,8,9,10,12,13). The molecule has 0 fully saturated rings. The maximum Gasteiger partial charge on any atom is 0.224 e. The molecule has 0 spiro atoms. The summed E-state index contributed by atoms with van der Waals surface area (Å²) >= 11 is 0. The molecule has 0 saturated carbocycles. The zero-order chi connectivity index (χ0) is 10.1. The smallest absolute Gasteiger partial charge is 0.224 e. The van der Waals surface area contributed by atoms with Crippen molar-refractivity contribution in [2.24, 2.45) is 4.99 Å². The molecule has 6 N–H and O–H groups in total. The van der Waals surface area contributed by atoms with Crippen molar-refractivity contribution in [1.82, 2.24) is 9.97 Å². The van der Waals surface area contributed by atoms with E-state index in [0.29, 0.717) is 23.8 Å². The zero-order valence-electron chi connectivity index (χ0n) is 7.36. The van der Waals surface area contributed by atoms with Gasteiger partial charge in [0.15, 0.2) is 11.6 Å². The van der Waals surface area contributed by atoms with Gasteiger partial charge in [-0.25, -0.2) is 4.99 Å². The predicted molar refractivity (Wildman–Crippen MR) is 53.5 cm³/mol. The van der Waals surface area contributed by atoms with Gasteiger partial charge in [-0.15, -0.1) is 0 Å². The number of hydrogen-bond donors (Lipinski definition) is 4. The molecular weight excluding hydrogens is 184 g/mol. The molecular formula is C7H10N6O. The summed E-state index contributed by atoms with van der Waals surface area (Å²) < 4.78 is 0. The van der Waals surface area contributed by atoms with E-state index >= 15 is 0 Å². The van der Waals surface area contributed by atoms with E-state index in [9.17, 15) is 0 Å². The summed E-state index contributed by atoms with van der Waals surface area (Å²) in [7, 11) is 0. The van der Waals surface area contributed by atoms with Crippen LogP contribution in [-0.2, 0) is 0 Å². The van der Waals surface area contributed by atoms with E-state index in [-0.39, 0.29) is 18.4 Å². The summed E-state index contributed by atoms with van der Waals surface area (Å²) in [4.78, 5) is 11.8. The summed E-state index contributed by atoms with van der Waals surface area (Å²) in [6, 6.07) is 0. The number of rotatable bonds is 1. The summed E-state index contributed by atoms with van der Waals surface area (Å²) in [5.41, 5.74) is 12.0. The van der Waals surface area contributed by atoms with Gasteiger partial charge in [0.1, 0.15) is 5.69 Å². The van der Waals surface area contributed by atoms with E-state index in [1.807, 2.05) is 0 Å². The topological polar surface area (TPSA) is 122 Å². The Kier molecular flexibility index (Phi) is 1.93. The van der Waals surface area contributed by atoms with Crippen LogP contribution >= 0.6 is 0 Å². The van der Waals surface area contributed by atoms with Crippen molar-refractivity contribution in [3.63, 3.8) is 0 Å². The predicted octanol–water partition coefficient (Wildman–Crippen LogP) is -0.869. The normalized spacial score (nSPS) is 14.2. The third-order valence-corrected chi connectivity index (χ3v) is 1.84. The number of fused-ring (bicyclic) bond motifs is 1. The van der Waals surface area contributed by atoms with Crippen LogP contribution in [0.5, 0.6) is 0 Å². The molecule has 0 saturated heterocycles. The van der Waals surface area contributed by atoms with Crippen LogP contribution in [-0.4, -0.2) is 33.9 Å². The minimum absolute atomic E-state index is 0.108. The van der Waals surface area contributed by atoms with Gasteiger partial charge in [-0.2, -0.15) is 9.97 Å². The molecule has 0 amide bonds. The zero-order valence-corrected chi connectivity index (χ0v) is 7.36. The van der Waals surface area contributed by atoms with Crippen LogP contribution in [0.25, 0.3) is 0 Å². The van der Waals surface area contributed by atoms with Crippen molar-refractivity contribution in [3.05, 3.63) is 0 Å². The summed E-state index contributed by atoms with van der Waals surface area (Å²) in [6.45, 7) is 0.329. The first-order valence-electron chi connectivity index (χ1n) is 4.05. The average molecular weight is 194 g/mol. The maximum atomic E-state index is 8.88. The van der Waals surface area contributed by atoms with E-state index in [0.717, 1.165) is 0 Å². The van der Waals surface area contributed by atoms with Crippen LogP contribution in [0.1, 0.15) is 0 Å². The molecule has 7 heteroatoms. The van der Waals surface area contributed by atoms with E-state index in [2.05, 4.69) is 20.3 Å². The molecule has 1 aromatic heterocycles. The Morgan fingerprint density at radius 3 is 2.86 bits per heavy atom. The lowest BCUT2D eigenvalue weighted by molar-refractivity contribution is 0.356. The molecule has 0 unspecified atom stereocenters. The number of hydrogen-bond acceptors (Lipinski definition) is 7. The lowest BCUT2D eigenvalue weighted by Crippen LogP contribution is -2.22. The van der Waals surface area contributed by atoms with Crippen molar-refractivity contribution in [2.75, 3.05) is 29.9 Å². The highest BCUT2D eigenvalue weighted by atomic mass is 16.3. The Bertz CT molecular complexity index is 401. The molecule has 1 aromatic rings. The fourth-order valence-electron chi connectivity index (χ4n) is 1.20. The highest BCUT2D eigenvalue weighted by Gasteiger charge is 2.16. The second kappa shape index (κ2) is 3.11. The molecule has 14 heavy (non-hydrogen) atoms. The SMILES string of the molecule is Nc1nc(N)c2c(n1)NCC(CO)=N2. The largest absolute Gasteiger partial charge is 0.390 e. The summed E-state index contributed by atoms with van der Waals surface area (Å²) in [5, 5.41) is 11.8. The number of nitrogen functional groups attached to an aromatic ring is 2. The van der Waals surface area contributed by atoms with Gasteiger partial charge in [-0.05, 0) is 0 Å². The molecule has 0 aliphatic carbocycles. The van der Waals surface area contributed by atoms with Crippen LogP contribution in [0.3, 0.4) is 0 Å². The number of nitrogens with one attached hydrogen (secondary N) is 1. The van der Waals surface area contributed by atoms with Crippen molar-refractivity contribution in [2.45, 2.75) is 0 Å². The van der Waals surface area contributed by atoms with Crippen molar-refractivity contribution in [1.29, 1.82) is 0 Å². The van der Waals surface area contributed by atoms with Crippen molar-refractivity contribution < 1.29 is 5.11 Å². The van der Waals surface area contributed by atoms with Gasteiger partial charge in [0, 0.05) is 0 Å². The number of aromatic nitrogens is 2. The molecule has 74 valence electrons. The Morgan fingerprint density at radius 1 is 1.36 bits per heavy atom. The quantitative estimate of drug-likeness (QED) is 0.461. The minimum atomic E-state index is -0.115. The van der Waals surface area contributed by atoms with Crippen LogP contribution in [0.4, 0.5) is 23.3 Å². The summed E-state index contributed by atoms with van der Waals surface area (Å²) in [5.74, 6) is 0.828. The average Bonchev–Trinajstić information content (AvgIpc) is 2.17. The van der Waals surface area contributed by atoms with Gasteiger partial charge in [-0.3, -0.25) is 0 Å². The van der Waals surface area contributed by atoms with E-state index in [4.69, 9.17) is 16.6 Å². The number of aliphatic imine (C=N–C) groups is 1. The lowest BCUT2D eigenvalue weighted by Gasteiger charge is -2.16. The van der Waals surface area contributed by atoms with E-state index < -0.39 is 0 Å². The van der Waals surface area contributed by atoms with Crippen LogP contribution < -0.4 is 16.8 Å². The van der Waals surface area contributed by atoms with Crippen molar-refractivity contribution in [3.8, 4) is 0 Å². The van der Waals surface area contributed by atoms with Crippen LogP contribution in [0.2, 0.25) is 0 Å². The Balaban J connectivity index is 2.52. The Hall–Kier alpha value is -1.89. The van der Waals surface area contributed by atoms with Crippen LogP contribution in [0, 0.1) is 0 Å². The number of nitrogens with zero attached hydrogens (tertiary/aromatic N) is 3. The first-order valence-corrected chi connectivity index (χ1v) is 4.05. The number of nitrogens with two attached hydrogens (primary N) is 2. The van der Waals surface area contributed by atoms with Crippen LogP contribution in [0.15, 0.2) is 4.99 Å². The second-order valence-corrected chi connectivity index (χ2v) is 2.85. The first-order chi connectivity index (χ1) is 6.70. The molecule has 0 bridgehead atoms. The fourth-order valence-corrected chi connectivity index (χ4v) is 1.20. The van der Waals surface area contributed by atoms with Gasteiger partial charge in [0.05, 0.1) is 18.9 Å². The molecule has 2 rings (SSSR count). The number of aliphatic hydroxyl groups is 1. The highest BCUT2D eigenvalue weighted by molar-refractivity contribution is 5.97. The van der Waals surface area contributed by atoms with Gasteiger partial charge < -0.3 is 21.9 Å². The van der Waals surface area contributed by atoms with Gasteiger partial charge in [0.25, 0.3) is 0 Å². The summed E-state index contributed by atoms with van der Waals surface area (Å²) in [6.07, 6.45) is 0. The Morgan fingerprint density at radius 2 is 2.14 bits per heavy atom. The third kappa shape index (κ3) is 1.33. The van der Waals surface area contributed by atoms with Crippen molar-refractivity contribution >= 4 is 29.0 Å².